The fourth-order valence-corrected chi connectivity index (χ4v) is 4.17. The molecular formula is C26H31F3N6O5. The molecule has 0 radical (unpaired) electrons. The van der Waals surface area contributed by atoms with Crippen LogP contribution in [0.2, 0.25) is 0 Å². The first kappa shape index (κ1) is 30.3. The lowest BCUT2D eigenvalue weighted by atomic mass is 9.79. The lowest BCUT2D eigenvalue weighted by Gasteiger charge is -2.41. The Morgan fingerprint density at radius 2 is 1.77 bits per heavy atom. The van der Waals surface area contributed by atoms with Gasteiger partial charge in [-0.3, -0.25) is 19.6 Å². The molecule has 3 N–H and O–H groups in total. The van der Waals surface area contributed by atoms with E-state index in [0.29, 0.717) is 19.3 Å². The molecule has 0 unspecified atom stereocenters. The highest BCUT2D eigenvalue weighted by molar-refractivity contribution is 6.42. The van der Waals surface area contributed by atoms with Crippen molar-refractivity contribution in [2.24, 2.45) is 5.41 Å². The number of amides is 2. The van der Waals surface area contributed by atoms with Crippen molar-refractivity contribution in [1.29, 1.82) is 0 Å². The van der Waals surface area contributed by atoms with Crippen LogP contribution in [0, 0.1) is 5.41 Å². The molecule has 2 aromatic heterocycles. The minimum Gasteiger partial charge on any atom is -0.465 e. The maximum Gasteiger partial charge on any atom is 0.416 e. The minimum atomic E-state index is -4.53. The number of alkyl halides is 3. The molecule has 40 heavy (non-hydrogen) atoms. The van der Waals surface area contributed by atoms with E-state index in [9.17, 15) is 32.7 Å². The van der Waals surface area contributed by atoms with Gasteiger partial charge in [-0.15, -0.1) is 10.2 Å². The van der Waals surface area contributed by atoms with Crippen LogP contribution in [0.5, 0.6) is 0 Å². The van der Waals surface area contributed by atoms with Crippen molar-refractivity contribution in [1.82, 2.24) is 25.3 Å². The van der Waals surface area contributed by atoms with E-state index >= 15 is 0 Å². The van der Waals surface area contributed by atoms with Crippen LogP contribution in [0.25, 0.3) is 11.5 Å². The second kappa shape index (κ2) is 12.3. The van der Waals surface area contributed by atoms with Crippen molar-refractivity contribution in [3.8, 4) is 11.5 Å². The molecule has 0 spiro atoms. The first-order valence-electron chi connectivity index (χ1n) is 12.7. The maximum atomic E-state index is 13.4. The summed E-state index contributed by atoms with van der Waals surface area (Å²) >= 11 is 0. The van der Waals surface area contributed by atoms with Crippen molar-refractivity contribution in [2.45, 2.75) is 71.6 Å². The van der Waals surface area contributed by atoms with Gasteiger partial charge in [-0.1, -0.05) is 40.5 Å². The summed E-state index contributed by atoms with van der Waals surface area (Å²) in [5.74, 6) is -2.13. The number of ketones is 1. The number of rotatable bonds is 12. The number of carbonyl (C=O) groups is 3. The van der Waals surface area contributed by atoms with E-state index < -0.39 is 47.0 Å². The summed E-state index contributed by atoms with van der Waals surface area (Å²) < 4.78 is 44.8. The molecule has 2 atom stereocenters. The summed E-state index contributed by atoms with van der Waals surface area (Å²) in [6.07, 6.45) is -3.10. The van der Waals surface area contributed by atoms with Gasteiger partial charge in [-0.25, -0.2) is 4.79 Å². The Bertz CT molecular complexity index is 1310. The minimum absolute atomic E-state index is 0.0498. The molecule has 11 nitrogen and oxygen atoms in total. The number of carboxylic acid groups (broad SMARTS) is 1. The molecular weight excluding hydrogens is 533 g/mol. The first-order valence-corrected chi connectivity index (χ1v) is 12.7. The summed E-state index contributed by atoms with van der Waals surface area (Å²) in [5.41, 5.74) is -1.53. The molecule has 0 fully saturated rings. The molecule has 14 heteroatoms. The fourth-order valence-electron chi connectivity index (χ4n) is 4.17. The van der Waals surface area contributed by atoms with E-state index in [0.717, 1.165) is 17.0 Å². The number of Topliss-reactive ketones (excluding diaryl/α,β-unsaturated/α-hetero) is 1. The normalized spacial score (nSPS) is 13.5. The Labute approximate surface area is 228 Å². The second-order valence-corrected chi connectivity index (χ2v) is 9.90. The third kappa shape index (κ3) is 6.85. The number of halogens is 3. The zero-order valence-corrected chi connectivity index (χ0v) is 22.5. The quantitative estimate of drug-likeness (QED) is 0.237. The largest absolute Gasteiger partial charge is 0.465 e. The Morgan fingerprint density at radius 1 is 1.10 bits per heavy atom. The number of nitrogens with one attached hydrogen (secondary N) is 2. The van der Waals surface area contributed by atoms with E-state index in [4.69, 9.17) is 4.42 Å². The molecule has 0 saturated heterocycles. The lowest BCUT2D eigenvalue weighted by Crippen LogP contribution is -2.53. The average molecular weight is 565 g/mol. The standard InChI is InChI=1S/C26H31F3N6O5/c1-5-7-8-17(19(36)21(37)31-18-13-14-30-32-18)35(24(38)39)20(25(3,4)6-2)23-34-33-22(40-23)15-9-11-16(12-10-15)26(27,28)29/h9-14,17,20H,5-8H2,1-4H3,(H,38,39)(H2,30,31,32,37)/t17-,20-/m0/s1. The van der Waals surface area contributed by atoms with Gasteiger partial charge >= 0.3 is 12.3 Å². The van der Waals surface area contributed by atoms with E-state index in [2.05, 4.69) is 25.7 Å². The lowest BCUT2D eigenvalue weighted by molar-refractivity contribution is -0.139. The van der Waals surface area contributed by atoms with Gasteiger partial charge in [0.05, 0.1) is 11.8 Å². The van der Waals surface area contributed by atoms with Gasteiger partial charge in [0.2, 0.25) is 17.6 Å². The van der Waals surface area contributed by atoms with E-state index in [1.54, 1.807) is 13.8 Å². The molecule has 0 aliphatic heterocycles. The van der Waals surface area contributed by atoms with E-state index in [1.165, 1.54) is 24.4 Å². The Balaban J connectivity index is 2.04. The van der Waals surface area contributed by atoms with Crippen LogP contribution in [0.15, 0.2) is 40.9 Å². The smallest absolute Gasteiger partial charge is 0.416 e. The summed E-state index contributed by atoms with van der Waals surface area (Å²) in [4.78, 5) is 39.9. The summed E-state index contributed by atoms with van der Waals surface area (Å²) in [7, 11) is 0. The van der Waals surface area contributed by atoms with Crippen LogP contribution in [0.1, 0.15) is 70.9 Å². The van der Waals surface area contributed by atoms with Crippen LogP contribution in [-0.2, 0) is 15.8 Å². The molecule has 3 rings (SSSR count). The van der Waals surface area contributed by atoms with Crippen LogP contribution in [-0.4, -0.2) is 54.2 Å². The molecule has 0 aliphatic carbocycles. The van der Waals surface area contributed by atoms with Crippen LogP contribution >= 0.6 is 0 Å². The second-order valence-electron chi connectivity index (χ2n) is 9.90. The highest BCUT2D eigenvalue weighted by Gasteiger charge is 2.47. The third-order valence-corrected chi connectivity index (χ3v) is 6.73. The monoisotopic (exact) mass is 564 g/mol. The molecule has 0 aliphatic rings. The predicted molar refractivity (Wildman–Crippen MR) is 137 cm³/mol. The van der Waals surface area contributed by atoms with Crippen molar-refractivity contribution in [3.05, 3.63) is 48.0 Å². The predicted octanol–water partition coefficient (Wildman–Crippen LogP) is 5.70. The van der Waals surface area contributed by atoms with Gasteiger partial charge in [0.15, 0.2) is 0 Å². The van der Waals surface area contributed by atoms with Gasteiger partial charge in [0.1, 0.15) is 17.9 Å². The maximum absolute atomic E-state index is 13.4. The molecule has 0 bridgehead atoms. The number of carbonyl (C=O) groups excluding carboxylic acids is 2. The zero-order chi connectivity index (χ0) is 29.7. The number of aromatic amines is 1. The van der Waals surface area contributed by atoms with Crippen molar-refractivity contribution >= 4 is 23.6 Å². The number of nitrogens with zero attached hydrogens (tertiary/aromatic N) is 4. The van der Waals surface area contributed by atoms with Crippen LogP contribution in [0.4, 0.5) is 23.8 Å². The van der Waals surface area contributed by atoms with Crippen LogP contribution in [0.3, 0.4) is 0 Å². The fraction of sp³-hybridized carbons (Fsp3) is 0.462. The van der Waals surface area contributed by atoms with E-state index in [-0.39, 0.29) is 29.6 Å². The summed E-state index contributed by atoms with van der Waals surface area (Å²) in [5, 5.41) is 27.0. The van der Waals surface area contributed by atoms with Gasteiger partial charge in [-0.05, 0) is 42.5 Å². The number of H-pyrrole nitrogens is 1. The highest BCUT2D eigenvalue weighted by atomic mass is 19.4. The number of benzene rings is 1. The Hall–Kier alpha value is -4.23. The molecule has 1 aromatic carbocycles. The first-order chi connectivity index (χ1) is 18.8. The molecule has 0 saturated carbocycles. The third-order valence-electron chi connectivity index (χ3n) is 6.73. The molecule has 216 valence electrons. The van der Waals surface area contributed by atoms with Crippen molar-refractivity contribution in [3.63, 3.8) is 0 Å². The molecule has 2 heterocycles. The van der Waals surface area contributed by atoms with E-state index in [1.807, 2.05) is 13.8 Å². The zero-order valence-electron chi connectivity index (χ0n) is 22.5. The Kier molecular flexibility index (Phi) is 9.32. The number of unbranched alkanes of at least 4 members (excludes halogenated alkanes) is 1. The number of hydrogen-bond acceptors (Lipinski definition) is 7. The van der Waals surface area contributed by atoms with Gasteiger partial charge in [0, 0.05) is 11.6 Å². The topological polar surface area (TPSA) is 154 Å². The SMILES string of the molecule is CCCC[C@@H](C(=O)C(=O)Nc1ccn[nH]1)N(C(=O)O)[C@@H](c1nnc(-c2ccc(C(F)(F)F)cc2)o1)C(C)(C)CC. The molecule has 2 amide bonds. The van der Waals surface area contributed by atoms with Crippen molar-refractivity contribution < 1.29 is 37.1 Å². The number of aromatic nitrogens is 4. The van der Waals surface area contributed by atoms with Crippen LogP contribution < -0.4 is 5.32 Å². The number of anilines is 1. The summed E-state index contributed by atoms with van der Waals surface area (Å²) in [6, 6.07) is 2.95. The highest BCUT2D eigenvalue weighted by Crippen LogP contribution is 2.43. The van der Waals surface area contributed by atoms with Crippen molar-refractivity contribution in [2.75, 3.05) is 5.32 Å². The molecule has 3 aromatic rings. The van der Waals surface area contributed by atoms with Gasteiger partial charge in [0.25, 0.3) is 5.91 Å². The average Bonchev–Trinajstić information content (AvgIpc) is 3.60. The Morgan fingerprint density at radius 3 is 2.30 bits per heavy atom. The van der Waals surface area contributed by atoms with Gasteiger partial charge in [-0.2, -0.15) is 18.3 Å². The summed E-state index contributed by atoms with van der Waals surface area (Å²) in [6.45, 7) is 7.18. The number of hydrogen-bond donors (Lipinski definition) is 3. The van der Waals surface area contributed by atoms with Gasteiger partial charge < -0.3 is 14.8 Å².